The molecule has 0 aliphatic carbocycles. The van der Waals surface area contributed by atoms with Crippen molar-refractivity contribution in [3.63, 3.8) is 0 Å². The van der Waals surface area contributed by atoms with E-state index in [2.05, 4.69) is 15.4 Å². The fourth-order valence-corrected chi connectivity index (χ4v) is 2.49. The number of carbonyl (C=O) groups is 3. The lowest BCUT2D eigenvalue weighted by atomic mass is 9.98. The number of anilines is 1. The van der Waals surface area contributed by atoms with Gasteiger partial charge in [-0.1, -0.05) is 11.6 Å². The number of benzene rings is 1. The van der Waals surface area contributed by atoms with Gasteiger partial charge in [0.25, 0.3) is 5.91 Å². The number of hydrogen-bond acceptors (Lipinski definition) is 7. The van der Waals surface area contributed by atoms with Crippen LogP contribution in [0, 0.1) is 0 Å². The van der Waals surface area contributed by atoms with Crippen LogP contribution in [0.25, 0.3) is 0 Å². The van der Waals surface area contributed by atoms with Crippen molar-refractivity contribution in [2.24, 2.45) is 0 Å². The first kappa shape index (κ1) is 16.9. The Labute approximate surface area is 137 Å². The summed E-state index contributed by atoms with van der Waals surface area (Å²) < 4.78 is 14.3. The Kier molecular flexibility index (Phi) is 4.65. The molecule has 1 heterocycles. The highest BCUT2D eigenvalue weighted by atomic mass is 35.5. The number of hydrogen-bond donors (Lipinski definition) is 2. The van der Waals surface area contributed by atoms with E-state index in [0.717, 1.165) is 7.11 Å². The van der Waals surface area contributed by atoms with Crippen molar-refractivity contribution in [3.8, 4) is 5.75 Å². The number of carbonyl (C=O) groups excluding carboxylic acids is 3. The highest BCUT2D eigenvalue weighted by Crippen LogP contribution is 2.35. The molecule has 2 N–H and O–H groups in total. The van der Waals surface area contributed by atoms with Gasteiger partial charge in [0, 0.05) is 0 Å². The van der Waals surface area contributed by atoms with E-state index in [1.54, 1.807) is 0 Å². The Morgan fingerprint density at radius 3 is 2.43 bits per heavy atom. The summed E-state index contributed by atoms with van der Waals surface area (Å²) in [5, 5.41) is 5.49. The Morgan fingerprint density at radius 2 is 1.87 bits per heavy atom. The van der Waals surface area contributed by atoms with E-state index in [0.29, 0.717) is 5.75 Å². The standard InChI is InChI=1S/C14H15ClN2O6/c1-21-10-4-7-9(5-8(10)15)16-14(13(20)23-3,17-12(7)19)6-11(18)22-2/h4-5,16H,6H2,1-3H3,(H,17,19). The monoisotopic (exact) mass is 342 g/mol. The van der Waals surface area contributed by atoms with Gasteiger partial charge < -0.3 is 24.8 Å². The van der Waals surface area contributed by atoms with E-state index in [1.807, 2.05) is 0 Å². The molecular formula is C14H15ClN2O6. The minimum atomic E-state index is -1.77. The minimum Gasteiger partial charge on any atom is -0.495 e. The molecule has 0 saturated carbocycles. The molecule has 9 heteroatoms. The smallest absolute Gasteiger partial charge is 0.353 e. The van der Waals surface area contributed by atoms with Crippen LogP contribution in [0.15, 0.2) is 12.1 Å². The Morgan fingerprint density at radius 1 is 1.17 bits per heavy atom. The van der Waals surface area contributed by atoms with Crippen molar-refractivity contribution in [3.05, 3.63) is 22.7 Å². The maximum Gasteiger partial charge on any atom is 0.353 e. The summed E-state index contributed by atoms with van der Waals surface area (Å²) in [7, 11) is 3.73. The van der Waals surface area contributed by atoms with Gasteiger partial charge in [0.1, 0.15) is 5.75 Å². The molecular weight excluding hydrogens is 328 g/mol. The van der Waals surface area contributed by atoms with Crippen molar-refractivity contribution < 1.29 is 28.6 Å². The van der Waals surface area contributed by atoms with E-state index >= 15 is 0 Å². The Balaban J connectivity index is 2.50. The van der Waals surface area contributed by atoms with Crippen LogP contribution in [-0.2, 0) is 19.1 Å². The van der Waals surface area contributed by atoms with Gasteiger partial charge in [-0.25, -0.2) is 4.79 Å². The van der Waals surface area contributed by atoms with E-state index in [-0.39, 0.29) is 16.3 Å². The van der Waals surface area contributed by atoms with Crippen molar-refractivity contribution in [2.75, 3.05) is 26.6 Å². The van der Waals surface area contributed by atoms with Crippen LogP contribution < -0.4 is 15.4 Å². The zero-order valence-electron chi connectivity index (χ0n) is 12.7. The Hall–Kier alpha value is -2.48. The van der Waals surface area contributed by atoms with E-state index < -0.39 is 29.9 Å². The maximum absolute atomic E-state index is 12.4. The molecule has 1 atom stereocenters. The van der Waals surface area contributed by atoms with Crippen LogP contribution in [0.5, 0.6) is 5.75 Å². The van der Waals surface area contributed by atoms with Gasteiger partial charge >= 0.3 is 11.9 Å². The second-order valence-corrected chi connectivity index (χ2v) is 5.17. The SMILES string of the molecule is COC(=O)CC1(C(=O)OC)NC(=O)c2cc(OC)c(Cl)cc2N1. The summed E-state index contributed by atoms with van der Waals surface area (Å²) in [6.45, 7) is 0. The predicted octanol–water partition coefficient (Wildman–Crippen LogP) is 0.936. The molecule has 8 nitrogen and oxygen atoms in total. The number of ether oxygens (including phenoxy) is 3. The highest BCUT2D eigenvalue weighted by Gasteiger charge is 2.47. The van der Waals surface area contributed by atoms with Crippen LogP contribution in [0.3, 0.4) is 0 Å². The average Bonchev–Trinajstić information content (AvgIpc) is 2.53. The van der Waals surface area contributed by atoms with E-state index in [4.69, 9.17) is 21.1 Å². The molecule has 0 fully saturated rings. The van der Waals surface area contributed by atoms with Crippen molar-refractivity contribution >= 4 is 35.1 Å². The molecule has 0 radical (unpaired) electrons. The number of nitrogens with one attached hydrogen (secondary N) is 2. The molecule has 1 aliphatic rings. The summed E-state index contributed by atoms with van der Waals surface area (Å²) in [6.07, 6.45) is -0.453. The van der Waals surface area contributed by atoms with Gasteiger partial charge in [-0.3, -0.25) is 9.59 Å². The van der Waals surface area contributed by atoms with Gasteiger partial charge in [-0.05, 0) is 12.1 Å². The maximum atomic E-state index is 12.4. The number of halogens is 1. The molecule has 0 bridgehead atoms. The quantitative estimate of drug-likeness (QED) is 0.785. The van der Waals surface area contributed by atoms with Crippen molar-refractivity contribution in [1.29, 1.82) is 0 Å². The number of rotatable bonds is 4. The number of amides is 1. The second kappa shape index (κ2) is 6.33. The molecule has 1 amide bonds. The van der Waals surface area contributed by atoms with Gasteiger partial charge in [0.05, 0.1) is 44.0 Å². The predicted molar refractivity (Wildman–Crippen MR) is 80.5 cm³/mol. The third-order valence-electron chi connectivity index (χ3n) is 3.38. The lowest BCUT2D eigenvalue weighted by Crippen LogP contribution is -2.64. The number of esters is 2. The van der Waals surface area contributed by atoms with Gasteiger partial charge in [-0.2, -0.15) is 0 Å². The fourth-order valence-electron chi connectivity index (χ4n) is 2.25. The normalized spacial score (nSPS) is 19.0. The lowest BCUT2D eigenvalue weighted by Gasteiger charge is -2.37. The summed E-state index contributed by atoms with van der Waals surface area (Å²) in [6, 6.07) is 2.86. The molecule has 124 valence electrons. The van der Waals surface area contributed by atoms with Crippen LogP contribution in [-0.4, -0.2) is 44.8 Å². The molecule has 1 aromatic rings. The molecule has 2 rings (SSSR count). The van der Waals surface area contributed by atoms with Gasteiger partial charge in [0.15, 0.2) is 0 Å². The first-order valence-corrected chi connectivity index (χ1v) is 6.88. The minimum absolute atomic E-state index is 0.218. The molecule has 0 aromatic heterocycles. The fraction of sp³-hybridized carbons (Fsp3) is 0.357. The summed E-state index contributed by atoms with van der Waals surface area (Å²) in [5.74, 6) is -1.82. The lowest BCUT2D eigenvalue weighted by molar-refractivity contribution is -0.153. The third kappa shape index (κ3) is 3.02. The molecule has 1 aromatic carbocycles. The number of fused-ring (bicyclic) bond motifs is 1. The van der Waals surface area contributed by atoms with Crippen molar-refractivity contribution in [2.45, 2.75) is 12.1 Å². The molecule has 0 spiro atoms. The highest BCUT2D eigenvalue weighted by molar-refractivity contribution is 6.32. The second-order valence-electron chi connectivity index (χ2n) is 4.76. The first-order valence-electron chi connectivity index (χ1n) is 6.50. The van der Waals surface area contributed by atoms with Crippen molar-refractivity contribution in [1.82, 2.24) is 5.32 Å². The van der Waals surface area contributed by atoms with E-state index in [1.165, 1.54) is 26.4 Å². The zero-order chi connectivity index (χ0) is 17.2. The molecule has 23 heavy (non-hydrogen) atoms. The summed E-state index contributed by atoms with van der Waals surface area (Å²) >= 11 is 6.04. The number of methoxy groups -OCH3 is 3. The Bertz CT molecular complexity index is 677. The molecule has 1 aliphatic heterocycles. The molecule has 0 saturated heterocycles. The zero-order valence-corrected chi connectivity index (χ0v) is 13.4. The van der Waals surface area contributed by atoms with E-state index in [9.17, 15) is 14.4 Å². The van der Waals surface area contributed by atoms with Crippen LogP contribution >= 0.6 is 11.6 Å². The average molecular weight is 343 g/mol. The van der Waals surface area contributed by atoms with Crippen LogP contribution in [0.4, 0.5) is 5.69 Å². The summed E-state index contributed by atoms with van der Waals surface area (Å²) in [5.41, 5.74) is -1.28. The van der Waals surface area contributed by atoms with Crippen LogP contribution in [0.1, 0.15) is 16.8 Å². The third-order valence-corrected chi connectivity index (χ3v) is 3.68. The van der Waals surface area contributed by atoms with Gasteiger partial charge in [-0.15, -0.1) is 0 Å². The van der Waals surface area contributed by atoms with Gasteiger partial charge in [0.2, 0.25) is 5.66 Å². The molecule has 1 unspecified atom stereocenters. The topological polar surface area (TPSA) is 103 Å². The van der Waals surface area contributed by atoms with Crippen LogP contribution in [0.2, 0.25) is 5.02 Å². The first-order chi connectivity index (χ1) is 10.9. The summed E-state index contributed by atoms with van der Waals surface area (Å²) in [4.78, 5) is 36.1. The largest absolute Gasteiger partial charge is 0.495 e.